The van der Waals surface area contributed by atoms with Crippen molar-refractivity contribution in [2.24, 2.45) is 0 Å². The van der Waals surface area contributed by atoms with E-state index < -0.39 is 0 Å². The molecule has 0 amide bonds. The van der Waals surface area contributed by atoms with Crippen LogP contribution in [0.4, 0.5) is 0 Å². The standard InChI is InChI=1S/C13H19Cl.C2H6/c1-3-5-11(6-4-2)12-7-9-13(14)10-8-12;1-2/h7-11H,3-6H2,1-2H3;1-2H3. The van der Waals surface area contributed by atoms with Crippen LogP contribution < -0.4 is 0 Å². The average Bonchev–Trinajstić information content (AvgIpc) is 2.32. The van der Waals surface area contributed by atoms with E-state index in [0.717, 1.165) is 10.9 Å². The van der Waals surface area contributed by atoms with Crippen LogP contribution in [0.5, 0.6) is 0 Å². The molecule has 1 heteroatoms. The van der Waals surface area contributed by atoms with Gasteiger partial charge in [-0.25, -0.2) is 0 Å². The molecule has 0 aliphatic carbocycles. The molecule has 0 bridgehead atoms. The Morgan fingerprint density at radius 1 is 0.938 bits per heavy atom. The Labute approximate surface area is 106 Å². The second-order valence-corrected chi connectivity index (χ2v) is 4.26. The van der Waals surface area contributed by atoms with Crippen LogP contribution in [0.15, 0.2) is 24.3 Å². The molecule has 0 radical (unpaired) electrons. The number of hydrogen-bond donors (Lipinski definition) is 0. The van der Waals surface area contributed by atoms with Gasteiger partial charge < -0.3 is 0 Å². The van der Waals surface area contributed by atoms with Gasteiger partial charge in [0.2, 0.25) is 0 Å². The van der Waals surface area contributed by atoms with Gasteiger partial charge in [0.25, 0.3) is 0 Å². The lowest BCUT2D eigenvalue weighted by molar-refractivity contribution is 0.561. The summed E-state index contributed by atoms with van der Waals surface area (Å²) in [6.45, 7) is 8.50. The van der Waals surface area contributed by atoms with Crippen molar-refractivity contribution < 1.29 is 0 Å². The average molecular weight is 241 g/mol. The summed E-state index contributed by atoms with van der Waals surface area (Å²) in [5.74, 6) is 0.724. The third-order valence-corrected chi connectivity index (χ3v) is 2.87. The van der Waals surface area contributed by atoms with E-state index in [2.05, 4.69) is 26.0 Å². The highest BCUT2D eigenvalue weighted by Crippen LogP contribution is 2.27. The maximum atomic E-state index is 5.87. The molecular weight excluding hydrogens is 216 g/mol. The maximum Gasteiger partial charge on any atom is 0.0406 e. The topological polar surface area (TPSA) is 0 Å². The molecule has 1 aromatic carbocycles. The molecule has 0 atom stereocenters. The van der Waals surface area contributed by atoms with Crippen molar-refractivity contribution in [2.45, 2.75) is 59.3 Å². The minimum atomic E-state index is 0.724. The van der Waals surface area contributed by atoms with E-state index in [4.69, 9.17) is 11.6 Å². The molecule has 0 fully saturated rings. The van der Waals surface area contributed by atoms with E-state index >= 15 is 0 Å². The summed E-state index contributed by atoms with van der Waals surface area (Å²) in [7, 11) is 0. The monoisotopic (exact) mass is 240 g/mol. The van der Waals surface area contributed by atoms with Crippen LogP contribution in [0.25, 0.3) is 0 Å². The Morgan fingerprint density at radius 2 is 1.38 bits per heavy atom. The summed E-state index contributed by atoms with van der Waals surface area (Å²) >= 11 is 5.87. The molecule has 0 unspecified atom stereocenters. The predicted molar refractivity (Wildman–Crippen MR) is 75.4 cm³/mol. The fourth-order valence-electron chi connectivity index (χ4n) is 1.91. The lowest BCUT2D eigenvalue weighted by Crippen LogP contribution is -1.97. The first-order chi connectivity index (χ1) is 7.77. The number of rotatable bonds is 5. The number of hydrogen-bond acceptors (Lipinski definition) is 0. The second-order valence-electron chi connectivity index (χ2n) is 3.83. The highest BCUT2D eigenvalue weighted by atomic mass is 35.5. The van der Waals surface area contributed by atoms with Crippen LogP contribution in [0, 0.1) is 0 Å². The molecule has 0 spiro atoms. The van der Waals surface area contributed by atoms with E-state index in [1.807, 2.05) is 26.0 Å². The van der Waals surface area contributed by atoms with Gasteiger partial charge in [-0.3, -0.25) is 0 Å². The summed E-state index contributed by atoms with van der Waals surface area (Å²) in [5, 5.41) is 0.834. The molecule has 0 heterocycles. The minimum absolute atomic E-state index is 0.724. The third-order valence-electron chi connectivity index (χ3n) is 2.62. The summed E-state index contributed by atoms with van der Waals surface area (Å²) in [6.07, 6.45) is 5.09. The van der Waals surface area contributed by atoms with E-state index in [0.29, 0.717) is 0 Å². The van der Waals surface area contributed by atoms with Crippen molar-refractivity contribution in [2.75, 3.05) is 0 Å². The molecule has 92 valence electrons. The Bertz CT molecular complexity index is 245. The molecule has 0 saturated carbocycles. The van der Waals surface area contributed by atoms with Gasteiger partial charge in [0, 0.05) is 5.02 Å². The van der Waals surface area contributed by atoms with Crippen LogP contribution in [0.2, 0.25) is 5.02 Å². The van der Waals surface area contributed by atoms with Crippen LogP contribution >= 0.6 is 11.6 Å². The van der Waals surface area contributed by atoms with Crippen molar-refractivity contribution in [1.29, 1.82) is 0 Å². The van der Waals surface area contributed by atoms with Gasteiger partial charge in [0.15, 0.2) is 0 Å². The fraction of sp³-hybridized carbons (Fsp3) is 0.600. The fourth-order valence-corrected chi connectivity index (χ4v) is 2.04. The SMILES string of the molecule is CC.CCCC(CCC)c1ccc(Cl)cc1. The molecule has 0 aromatic heterocycles. The molecule has 1 aromatic rings. The number of benzene rings is 1. The van der Waals surface area contributed by atoms with Crippen molar-refractivity contribution in [3.05, 3.63) is 34.9 Å². The van der Waals surface area contributed by atoms with Crippen LogP contribution in [-0.4, -0.2) is 0 Å². The van der Waals surface area contributed by atoms with Gasteiger partial charge in [0.1, 0.15) is 0 Å². The van der Waals surface area contributed by atoms with E-state index in [9.17, 15) is 0 Å². The van der Waals surface area contributed by atoms with Gasteiger partial charge in [-0.2, -0.15) is 0 Å². The predicted octanol–water partition coefficient (Wildman–Crippen LogP) is 6.05. The molecule has 1 rings (SSSR count). The molecule has 0 saturated heterocycles. The second kappa shape index (κ2) is 9.72. The summed E-state index contributed by atoms with van der Waals surface area (Å²) < 4.78 is 0. The normalized spacial score (nSPS) is 9.88. The smallest absolute Gasteiger partial charge is 0.0406 e. The maximum absolute atomic E-state index is 5.87. The minimum Gasteiger partial charge on any atom is -0.0843 e. The van der Waals surface area contributed by atoms with Gasteiger partial charge >= 0.3 is 0 Å². The molecule has 0 nitrogen and oxygen atoms in total. The zero-order chi connectivity index (χ0) is 12.4. The molecule has 0 aliphatic rings. The van der Waals surface area contributed by atoms with Crippen LogP contribution in [0.3, 0.4) is 0 Å². The summed E-state index contributed by atoms with van der Waals surface area (Å²) in [5.41, 5.74) is 1.44. The Balaban J connectivity index is 0.00000106. The van der Waals surface area contributed by atoms with Crippen molar-refractivity contribution in [3.8, 4) is 0 Å². The van der Waals surface area contributed by atoms with Crippen molar-refractivity contribution in [3.63, 3.8) is 0 Å². The lowest BCUT2D eigenvalue weighted by Gasteiger charge is -2.15. The quantitative estimate of drug-likeness (QED) is 0.588. The zero-order valence-electron chi connectivity index (χ0n) is 11.1. The lowest BCUT2D eigenvalue weighted by atomic mass is 9.90. The van der Waals surface area contributed by atoms with Gasteiger partial charge in [-0.15, -0.1) is 0 Å². The first kappa shape index (κ1) is 15.5. The van der Waals surface area contributed by atoms with Gasteiger partial charge in [0.05, 0.1) is 0 Å². The number of halogens is 1. The van der Waals surface area contributed by atoms with Crippen molar-refractivity contribution in [1.82, 2.24) is 0 Å². The third kappa shape index (κ3) is 5.55. The highest BCUT2D eigenvalue weighted by molar-refractivity contribution is 6.30. The van der Waals surface area contributed by atoms with Crippen LogP contribution in [0.1, 0.15) is 64.9 Å². The Kier molecular flexibility index (Phi) is 9.42. The van der Waals surface area contributed by atoms with Crippen molar-refractivity contribution >= 4 is 11.6 Å². The molecule has 0 aliphatic heterocycles. The van der Waals surface area contributed by atoms with E-state index in [-0.39, 0.29) is 0 Å². The summed E-state index contributed by atoms with van der Waals surface area (Å²) in [4.78, 5) is 0. The first-order valence-electron chi connectivity index (χ1n) is 6.53. The molecule has 16 heavy (non-hydrogen) atoms. The first-order valence-corrected chi connectivity index (χ1v) is 6.91. The highest BCUT2D eigenvalue weighted by Gasteiger charge is 2.08. The van der Waals surface area contributed by atoms with E-state index in [1.165, 1.54) is 31.2 Å². The van der Waals surface area contributed by atoms with Crippen LogP contribution in [-0.2, 0) is 0 Å². The van der Waals surface area contributed by atoms with Gasteiger partial charge in [-0.05, 0) is 36.5 Å². The Morgan fingerprint density at radius 3 is 1.75 bits per heavy atom. The van der Waals surface area contributed by atoms with E-state index in [1.54, 1.807) is 0 Å². The molecule has 0 N–H and O–H groups in total. The van der Waals surface area contributed by atoms with Gasteiger partial charge in [-0.1, -0.05) is 64.3 Å². The summed E-state index contributed by atoms with van der Waals surface area (Å²) in [6, 6.07) is 8.32. The zero-order valence-corrected chi connectivity index (χ0v) is 11.8. The Hall–Kier alpha value is -0.490. The molecular formula is C15H25Cl. The largest absolute Gasteiger partial charge is 0.0843 e.